The molecule has 17 heavy (non-hydrogen) atoms. The van der Waals surface area contributed by atoms with Crippen LogP contribution >= 0.6 is 11.3 Å². The van der Waals surface area contributed by atoms with Gasteiger partial charge in [-0.25, -0.2) is 0 Å². The third-order valence-electron chi connectivity index (χ3n) is 3.27. The molecule has 1 aromatic heterocycles. The fourth-order valence-corrected chi connectivity index (χ4v) is 3.10. The summed E-state index contributed by atoms with van der Waals surface area (Å²) in [4.78, 5) is 16.1. The maximum absolute atomic E-state index is 12.3. The summed E-state index contributed by atoms with van der Waals surface area (Å²) in [6.45, 7) is 5.43. The monoisotopic (exact) mass is 248 g/mol. The second kappa shape index (κ2) is 4.89. The van der Waals surface area contributed by atoms with Gasteiger partial charge in [-0.15, -0.1) is 11.3 Å². The second-order valence-corrected chi connectivity index (χ2v) is 5.83. The predicted molar refractivity (Wildman–Crippen MR) is 68.0 cm³/mol. The van der Waals surface area contributed by atoms with E-state index in [1.165, 1.54) is 10.4 Å². The van der Waals surface area contributed by atoms with Crippen molar-refractivity contribution in [2.75, 3.05) is 13.1 Å². The van der Waals surface area contributed by atoms with Gasteiger partial charge >= 0.3 is 0 Å². The van der Waals surface area contributed by atoms with Gasteiger partial charge in [0.05, 0.1) is 16.9 Å². The Bertz CT molecular complexity index is 453. The number of aryl methyl sites for hydroxylation is 2. The van der Waals surface area contributed by atoms with E-state index in [4.69, 9.17) is 5.26 Å². The summed E-state index contributed by atoms with van der Waals surface area (Å²) in [5.74, 6) is 0.0982. The highest BCUT2D eigenvalue weighted by Gasteiger charge is 2.25. The van der Waals surface area contributed by atoms with E-state index in [2.05, 4.69) is 6.07 Å². The van der Waals surface area contributed by atoms with Crippen LogP contribution in [-0.2, 0) is 0 Å². The van der Waals surface area contributed by atoms with Crippen LogP contribution in [0.3, 0.4) is 0 Å². The first-order chi connectivity index (χ1) is 8.11. The van der Waals surface area contributed by atoms with E-state index >= 15 is 0 Å². The second-order valence-electron chi connectivity index (χ2n) is 4.57. The van der Waals surface area contributed by atoms with E-state index in [0.29, 0.717) is 6.54 Å². The summed E-state index contributed by atoms with van der Waals surface area (Å²) in [5, 5.41) is 8.92. The number of thiophene rings is 1. The van der Waals surface area contributed by atoms with Gasteiger partial charge in [0.1, 0.15) is 0 Å². The number of rotatable bonds is 1. The van der Waals surface area contributed by atoms with Crippen molar-refractivity contribution in [3.63, 3.8) is 0 Å². The Morgan fingerprint density at radius 1 is 1.59 bits per heavy atom. The fourth-order valence-electron chi connectivity index (χ4n) is 2.10. The molecule has 1 fully saturated rings. The minimum Gasteiger partial charge on any atom is -0.337 e. The van der Waals surface area contributed by atoms with Crippen LogP contribution in [0.2, 0.25) is 0 Å². The maximum atomic E-state index is 12.3. The van der Waals surface area contributed by atoms with Gasteiger partial charge in [0, 0.05) is 18.0 Å². The summed E-state index contributed by atoms with van der Waals surface area (Å²) < 4.78 is 0. The number of piperidine rings is 1. The van der Waals surface area contributed by atoms with Crippen LogP contribution in [0, 0.1) is 31.1 Å². The van der Waals surface area contributed by atoms with Crippen LogP contribution in [0.1, 0.15) is 33.0 Å². The Labute approximate surface area is 106 Å². The molecule has 1 aliphatic rings. The topological polar surface area (TPSA) is 44.1 Å². The molecule has 1 saturated heterocycles. The summed E-state index contributed by atoms with van der Waals surface area (Å²) in [6.07, 6.45) is 1.86. The van der Waals surface area contributed by atoms with E-state index in [9.17, 15) is 4.79 Å². The molecule has 1 aliphatic heterocycles. The molecule has 4 heteroatoms. The lowest BCUT2D eigenvalue weighted by Gasteiger charge is -2.29. The largest absolute Gasteiger partial charge is 0.337 e. The number of hydrogen-bond donors (Lipinski definition) is 0. The highest BCUT2D eigenvalue weighted by molar-refractivity contribution is 7.14. The number of nitrogens with zero attached hydrogens (tertiary/aromatic N) is 2. The van der Waals surface area contributed by atoms with Crippen molar-refractivity contribution in [3.8, 4) is 6.07 Å². The molecule has 1 unspecified atom stereocenters. The zero-order chi connectivity index (χ0) is 12.4. The van der Waals surface area contributed by atoms with Crippen LogP contribution in [-0.4, -0.2) is 23.9 Å². The smallest absolute Gasteiger partial charge is 0.263 e. The average Bonchev–Trinajstić information content (AvgIpc) is 2.69. The molecule has 1 aromatic rings. The number of carbonyl (C=O) groups is 1. The zero-order valence-electron chi connectivity index (χ0n) is 10.2. The lowest BCUT2D eigenvalue weighted by molar-refractivity contribution is 0.0703. The number of likely N-dealkylation sites (tertiary alicyclic amines) is 1. The van der Waals surface area contributed by atoms with Crippen LogP contribution in [0.5, 0.6) is 0 Å². The first kappa shape index (κ1) is 12.1. The summed E-state index contributed by atoms with van der Waals surface area (Å²) in [7, 11) is 0. The van der Waals surface area contributed by atoms with Gasteiger partial charge in [0.25, 0.3) is 5.91 Å². The molecule has 2 heterocycles. The number of carbonyl (C=O) groups excluding carboxylic acids is 1. The third kappa shape index (κ3) is 2.50. The molecule has 0 bridgehead atoms. The van der Waals surface area contributed by atoms with Gasteiger partial charge in [-0.1, -0.05) is 0 Å². The van der Waals surface area contributed by atoms with E-state index in [-0.39, 0.29) is 11.8 Å². The van der Waals surface area contributed by atoms with Crippen molar-refractivity contribution in [3.05, 3.63) is 21.4 Å². The van der Waals surface area contributed by atoms with Crippen molar-refractivity contribution < 1.29 is 4.79 Å². The highest BCUT2D eigenvalue weighted by Crippen LogP contribution is 2.24. The minimum atomic E-state index is 0.00913. The van der Waals surface area contributed by atoms with Gasteiger partial charge in [0.2, 0.25) is 0 Å². The van der Waals surface area contributed by atoms with Crippen molar-refractivity contribution in [1.82, 2.24) is 4.90 Å². The van der Waals surface area contributed by atoms with Crippen LogP contribution < -0.4 is 0 Å². The Hall–Kier alpha value is -1.34. The Morgan fingerprint density at radius 3 is 2.94 bits per heavy atom. The van der Waals surface area contributed by atoms with Gasteiger partial charge in [-0.3, -0.25) is 4.79 Å². The van der Waals surface area contributed by atoms with E-state index < -0.39 is 0 Å². The molecule has 0 radical (unpaired) electrons. The molecule has 1 amide bonds. The normalized spacial score (nSPS) is 20.1. The van der Waals surface area contributed by atoms with Gasteiger partial charge in [-0.2, -0.15) is 5.26 Å². The summed E-state index contributed by atoms with van der Waals surface area (Å²) in [5.41, 5.74) is 1.17. The first-order valence-corrected chi connectivity index (χ1v) is 6.69. The van der Waals surface area contributed by atoms with E-state index in [1.54, 1.807) is 11.3 Å². The number of hydrogen-bond acceptors (Lipinski definition) is 3. The predicted octanol–water partition coefficient (Wildman–Crippen LogP) is 2.74. The molecule has 0 aromatic carbocycles. The van der Waals surface area contributed by atoms with Gasteiger partial charge in [0.15, 0.2) is 0 Å². The van der Waals surface area contributed by atoms with Crippen molar-refractivity contribution in [2.24, 2.45) is 5.92 Å². The zero-order valence-corrected chi connectivity index (χ0v) is 11.0. The van der Waals surface area contributed by atoms with Gasteiger partial charge in [-0.05, 0) is 38.3 Å². The van der Waals surface area contributed by atoms with Crippen LogP contribution in [0.4, 0.5) is 0 Å². The van der Waals surface area contributed by atoms with E-state index in [1.807, 2.05) is 24.8 Å². The number of amides is 1. The minimum absolute atomic E-state index is 0.00913. The molecule has 2 rings (SSSR count). The maximum Gasteiger partial charge on any atom is 0.263 e. The Kier molecular flexibility index (Phi) is 3.49. The molecule has 3 nitrogen and oxygen atoms in total. The molecule has 0 saturated carbocycles. The quantitative estimate of drug-likeness (QED) is 0.767. The molecule has 0 N–H and O–H groups in total. The van der Waals surface area contributed by atoms with Crippen molar-refractivity contribution in [1.29, 1.82) is 5.26 Å². The summed E-state index contributed by atoms with van der Waals surface area (Å²) in [6, 6.07) is 4.22. The lowest BCUT2D eigenvalue weighted by atomic mass is 9.99. The average molecular weight is 248 g/mol. The Balaban J connectivity index is 2.12. The van der Waals surface area contributed by atoms with Crippen molar-refractivity contribution in [2.45, 2.75) is 26.7 Å². The molecule has 0 spiro atoms. The Morgan fingerprint density at radius 2 is 2.35 bits per heavy atom. The molecular formula is C13H16N2OS. The fraction of sp³-hybridized carbons (Fsp3) is 0.538. The summed E-state index contributed by atoms with van der Waals surface area (Å²) >= 11 is 1.55. The third-order valence-corrected chi connectivity index (χ3v) is 4.41. The first-order valence-electron chi connectivity index (χ1n) is 5.87. The van der Waals surface area contributed by atoms with Crippen LogP contribution in [0.25, 0.3) is 0 Å². The van der Waals surface area contributed by atoms with E-state index in [0.717, 1.165) is 24.3 Å². The van der Waals surface area contributed by atoms with Crippen molar-refractivity contribution >= 4 is 17.2 Å². The number of nitriles is 1. The SMILES string of the molecule is Cc1cc(C(=O)N2CCCC(C#N)C2)sc1C. The lowest BCUT2D eigenvalue weighted by Crippen LogP contribution is -2.39. The molecule has 1 atom stereocenters. The highest BCUT2D eigenvalue weighted by atomic mass is 32.1. The molecule has 90 valence electrons. The van der Waals surface area contributed by atoms with Crippen LogP contribution in [0.15, 0.2) is 6.07 Å². The molecule has 0 aliphatic carbocycles. The standard InChI is InChI=1S/C13H16N2OS/c1-9-6-12(17-10(9)2)13(16)15-5-3-4-11(7-14)8-15/h6,11H,3-5,8H2,1-2H3. The van der Waals surface area contributed by atoms with Gasteiger partial charge < -0.3 is 4.90 Å². The molecular weight excluding hydrogens is 232 g/mol.